The molecule has 2 rings (SSSR count). The summed E-state index contributed by atoms with van der Waals surface area (Å²) in [5.41, 5.74) is 0.334. The van der Waals surface area contributed by atoms with Gasteiger partial charge in [-0.2, -0.15) is 5.10 Å². The third kappa shape index (κ3) is 4.07. The molecule has 5 nitrogen and oxygen atoms in total. The molecule has 1 fully saturated rings. The van der Waals surface area contributed by atoms with Crippen LogP contribution in [0.25, 0.3) is 0 Å². The van der Waals surface area contributed by atoms with Crippen molar-refractivity contribution in [3.63, 3.8) is 0 Å². The number of nitrogens with zero attached hydrogens (tertiary/aromatic N) is 2. The highest BCUT2D eigenvalue weighted by molar-refractivity contribution is 7.89. The first-order valence-electron chi connectivity index (χ1n) is 7.76. The van der Waals surface area contributed by atoms with Crippen molar-refractivity contribution in [2.75, 3.05) is 0 Å². The maximum atomic E-state index is 12.7. The van der Waals surface area contributed by atoms with Crippen molar-refractivity contribution in [3.8, 4) is 0 Å². The van der Waals surface area contributed by atoms with E-state index in [2.05, 4.69) is 9.82 Å². The quantitative estimate of drug-likeness (QED) is 0.873. The van der Waals surface area contributed by atoms with Crippen LogP contribution in [0.2, 0.25) is 0 Å². The van der Waals surface area contributed by atoms with Crippen molar-refractivity contribution in [2.45, 2.75) is 75.6 Å². The van der Waals surface area contributed by atoms with E-state index in [0.29, 0.717) is 10.6 Å². The molecule has 1 N–H and O–H groups in total. The van der Waals surface area contributed by atoms with Gasteiger partial charge in [0.25, 0.3) is 0 Å². The standard InChI is InChI=1S/C15H27N3O2S/c1-15(2,3)14-13(11-18(4)16-14)21(19,20)17-12-9-7-5-6-8-10-12/h11-12,17H,5-10H2,1-4H3. The monoisotopic (exact) mass is 313 g/mol. The molecule has 120 valence electrons. The average Bonchev–Trinajstić information content (AvgIpc) is 2.60. The molecule has 0 saturated heterocycles. The molecule has 0 unspecified atom stereocenters. The lowest BCUT2D eigenvalue weighted by Crippen LogP contribution is -2.35. The van der Waals surface area contributed by atoms with E-state index in [1.807, 2.05) is 20.8 Å². The van der Waals surface area contributed by atoms with E-state index >= 15 is 0 Å². The van der Waals surface area contributed by atoms with Gasteiger partial charge in [0.2, 0.25) is 10.0 Å². The number of aryl methyl sites for hydroxylation is 1. The Kier molecular flexibility index (Phi) is 4.78. The first-order valence-corrected chi connectivity index (χ1v) is 9.25. The second kappa shape index (κ2) is 6.08. The number of nitrogens with one attached hydrogen (secondary N) is 1. The van der Waals surface area contributed by atoms with E-state index in [-0.39, 0.29) is 11.5 Å². The minimum Gasteiger partial charge on any atom is -0.274 e. The SMILES string of the molecule is Cn1cc(S(=O)(=O)NC2CCCCCC2)c(C(C)(C)C)n1. The highest BCUT2D eigenvalue weighted by Gasteiger charge is 2.31. The zero-order valence-electron chi connectivity index (χ0n) is 13.5. The summed E-state index contributed by atoms with van der Waals surface area (Å²) in [6.07, 6.45) is 8.10. The normalized spacial score (nSPS) is 18.7. The average molecular weight is 313 g/mol. The van der Waals surface area contributed by atoms with Gasteiger partial charge in [-0.05, 0) is 12.8 Å². The molecule has 1 heterocycles. The summed E-state index contributed by atoms with van der Waals surface area (Å²) < 4.78 is 29.9. The van der Waals surface area contributed by atoms with Gasteiger partial charge < -0.3 is 0 Å². The minimum absolute atomic E-state index is 0.0607. The molecule has 0 bridgehead atoms. The fraction of sp³-hybridized carbons (Fsp3) is 0.800. The number of hydrogen-bond acceptors (Lipinski definition) is 3. The lowest BCUT2D eigenvalue weighted by molar-refractivity contribution is 0.503. The largest absolute Gasteiger partial charge is 0.274 e. The first kappa shape index (κ1) is 16.5. The summed E-state index contributed by atoms with van der Waals surface area (Å²) in [4.78, 5) is 0.321. The zero-order valence-corrected chi connectivity index (χ0v) is 14.3. The number of aromatic nitrogens is 2. The van der Waals surface area contributed by atoms with E-state index in [0.717, 1.165) is 25.7 Å². The molecule has 0 aliphatic heterocycles. The highest BCUT2D eigenvalue weighted by atomic mass is 32.2. The van der Waals surface area contributed by atoms with E-state index in [1.165, 1.54) is 12.8 Å². The van der Waals surface area contributed by atoms with Gasteiger partial charge in [-0.1, -0.05) is 46.5 Å². The molecule has 0 radical (unpaired) electrons. The van der Waals surface area contributed by atoms with Gasteiger partial charge >= 0.3 is 0 Å². The first-order chi connectivity index (χ1) is 9.70. The fourth-order valence-electron chi connectivity index (χ4n) is 2.86. The summed E-state index contributed by atoms with van der Waals surface area (Å²) in [7, 11) is -1.74. The lowest BCUT2D eigenvalue weighted by atomic mass is 9.92. The van der Waals surface area contributed by atoms with Crippen LogP contribution in [0.1, 0.15) is 65.0 Å². The maximum Gasteiger partial charge on any atom is 0.244 e. The van der Waals surface area contributed by atoms with Crippen molar-refractivity contribution in [1.29, 1.82) is 0 Å². The van der Waals surface area contributed by atoms with Gasteiger partial charge in [-0.15, -0.1) is 0 Å². The fourth-order valence-corrected chi connectivity index (χ4v) is 4.56. The molecular formula is C15H27N3O2S. The van der Waals surface area contributed by atoms with Crippen molar-refractivity contribution in [2.24, 2.45) is 7.05 Å². The molecule has 0 aromatic carbocycles. The van der Waals surface area contributed by atoms with Crippen LogP contribution in [0, 0.1) is 0 Å². The number of hydrogen-bond donors (Lipinski definition) is 1. The molecule has 0 amide bonds. The maximum absolute atomic E-state index is 12.7. The Hall–Kier alpha value is -0.880. The van der Waals surface area contributed by atoms with Crippen molar-refractivity contribution in [3.05, 3.63) is 11.9 Å². The van der Waals surface area contributed by atoms with Crippen LogP contribution in [0.4, 0.5) is 0 Å². The van der Waals surface area contributed by atoms with E-state index < -0.39 is 10.0 Å². The Balaban J connectivity index is 2.27. The predicted octanol–water partition coefficient (Wildman–Crippen LogP) is 2.72. The Morgan fingerprint density at radius 2 is 1.76 bits per heavy atom. The molecule has 0 spiro atoms. The molecule has 1 aliphatic carbocycles. The van der Waals surface area contributed by atoms with Crippen LogP contribution in [-0.2, 0) is 22.5 Å². The van der Waals surface area contributed by atoms with Gasteiger partial charge in [0.15, 0.2) is 0 Å². The van der Waals surface area contributed by atoms with Gasteiger partial charge in [0.1, 0.15) is 4.90 Å². The molecular weight excluding hydrogens is 286 g/mol. The Labute approximate surface area is 128 Å². The third-order valence-electron chi connectivity index (χ3n) is 3.97. The summed E-state index contributed by atoms with van der Waals surface area (Å²) in [6.45, 7) is 5.96. The Morgan fingerprint density at radius 1 is 1.19 bits per heavy atom. The van der Waals surface area contributed by atoms with E-state index in [1.54, 1.807) is 17.9 Å². The number of rotatable bonds is 3. The summed E-state index contributed by atoms with van der Waals surface area (Å²) in [5, 5.41) is 4.36. The van der Waals surface area contributed by atoms with Gasteiger partial charge in [-0.25, -0.2) is 13.1 Å². The second-order valence-corrected chi connectivity index (χ2v) is 8.76. The van der Waals surface area contributed by atoms with Crippen molar-refractivity contribution < 1.29 is 8.42 Å². The van der Waals surface area contributed by atoms with Crippen LogP contribution in [0.15, 0.2) is 11.1 Å². The van der Waals surface area contributed by atoms with Gasteiger partial charge in [0.05, 0.1) is 5.69 Å². The third-order valence-corrected chi connectivity index (χ3v) is 5.49. The molecule has 1 aromatic rings. The van der Waals surface area contributed by atoms with Crippen LogP contribution in [-0.4, -0.2) is 24.2 Å². The molecule has 1 aromatic heterocycles. The number of sulfonamides is 1. The summed E-state index contributed by atoms with van der Waals surface area (Å²) >= 11 is 0. The van der Waals surface area contributed by atoms with Crippen LogP contribution >= 0.6 is 0 Å². The molecule has 0 atom stereocenters. The minimum atomic E-state index is -3.50. The van der Waals surface area contributed by atoms with Crippen LogP contribution < -0.4 is 4.72 Å². The lowest BCUT2D eigenvalue weighted by Gasteiger charge is -2.20. The molecule has 1 saturated carbocycles. The Morgan fingerprint density at radius 3 is 2.29 bits per heavy atom. The van der Waals surface area contributed by atoms with E-state index in [9.17, 15) is 8.42 Å². The summed E-state index contributed by atoms with van der Waals surface area (Å²) in [6, 6.07) is 0.0607. The second-order valence-electron chi connectivity index (χ2n) is 7.08. The van der Waals surface area contributed by atoms with Crippen molar-refractivity contribution >= 4 is 10.0 Å². The molecule has 6 heteroatoms. The highest BCUT2D eigenvalue weighted by Crippen LogP contribution is 2.28. The zero-order chi connectivity index (χ0) is 15.7. The molecule has 21 heavy (non-hydrogen) atoms. The summed E-state index contributed by atoms with van der Waals surface area (Å²) in [5.74, 6) is 0. The van der Waals surface area contributed by atoms with E-state index in [4.69, 9.17) is 0 Å². The molecule has 1 aliphatic rings. The van der Waals surface area contributed by atoms with Crippen LogP contribution in [0.3, 0.4) is 0 Å². The van der Waals surface area contributed by atoms with Gasteiger partial charge in [0, 0.05) is 24.7 Å². The Bertz CT molecular complexity index is 577. The topological polar surface area (TPSA) is 64.0 Å². The van der Waals surface area contributed by atoms with Crippen molar-refractivity contribution in [1.82, 2.24) is 14.5 Å². The smallest absolute Gasteiger partial charge is 0.244 e. The van der Waals surface area contributed by atoms with Gasteiger partial charge in [-0.3, -0.25) is 4.68 Å². The van der Waals surface area contributed by atoms with Crippen LogP contribution in [0.5, 0.6) is 0 Å². The predicted molar refractivity (Wildman–Crippen MR) is 83.7 cm³/mol.